The number of aliphatic carboxylic acids is 1. The average Bonchev–Trinajstić information content (AvgIpc) is 2.46. The van der Waals surface area contributed by atoms with E-state index in [0.717, 1.165) is 0 Å². The fourth-order valence-electron chi connectivity index (χ4n) is 2.28. The van der Waals surface area contributed by atoms with Gasteiger partial charge in [0.05, 0.1) is 17.0 Å². The minimum atomic E-state index is -0.998. The summed E-state index contributed by atoms with van der Waals surface area (Å²) in [6.45, 7) is 4.88. The minimum absolute atomic E-state index is 0.264. The maximum absolute atomic E-state index is 12.6. The Morgan fingerprint density at radius 1 is 1.50 bits per heavy atom. The topological polar surface area (TPSA) is 95.4 Å². The third-order valence-electron chi connectivity index (χ3n) is 3.35. The number of aryl methyl sites for hydroxylation is 2. The maximum atomic E-state index is 12.6. The van der Waals surface area contributed by atoms with Crippen LogP contribution >= 0.6 is 0 Å². The summed E-state index contributed by atoms with van der Waals surface area (Å²) in [5.74, 6) is -1.28. The molecule has 2 rings (SSSR count). The van der Waals surface area contributed by atoms with E-state index in [1.54, 1.807) is 13.0 Å². The summed E-state index contributed by atoms with van der Waals surface area (Å²) in [5, 5.41) is 20.2. The third-order valence-corrected chi connectivity index (χ3v) is 3.35. The molecule has 0 aromatic carbocycles. The van der Waals surface area contributed by atoms with Crippen molar-refractivity contribution in [1.29, 1.82) is 0 Å². The highest BCUT2D eigenvalue weighted by Gasteiger charge is 2.33. The molecule has 1 aliphatic heterocycles. The molecule has 20 heavy (non-hydrogen) atoms. The fraction of sp³-hybridized carbons (Fsp3) is 0.538. The summed E-state index contributed by atoms with van der Waals surface area (Å²) in [4.78, 5) is 25.3. The zero-order valence-electron chi connectivity index (χ0n) is 11.6. The first kappa shape index (κ1) is 14.4. The van der Waals surface area contributed by atoms with Gasteiger partial charge in [0.2, 0.25) is 0 Å². The second kappa shape index (κ2) is 5.96. The highest BCUT2D eigenvalue weighted by atomic mass is 16.4. The molecule has 0 spiro atoms. The van der Waals surface area contributed by atoms with Crippen LogP contribution in [0.25, 0.3) is 0 Å². The molecular weight excluding hydrogens is 260 g/mol. The van der Waals surface area contributed by atoms with Crippen LogP contribution in [-0.2, 0) is 11.2 Å². The van der Waals surface area contributed by atoms with Gasteiger partial charge in [0.15, 0.2) is 0 Å². The van der Waals surface area contributed by atoms with E-state index in [4.69, 9.17) is 0 Å². The lowest BCUT2D eigenvalue weighted by atomic mass is 10.1. The second-order valence-electron chi connectivity index (χ2n) is 4.76. The quantitative estimate of drug-likeness (QED) is 0.798. The van der Waals surface area contributed by atoms with Gasteiger partial charge >= 0.3 is 5.97 Å². The lowest BCUT2D eigenvalue weighted by Gasteiger charge is -2.33. The monoisotopic (exact) mass is 278 g/mol. The number of rotatable bonds is 3. The summed E-state index contributed by atoms with van der Waals surface area (Å²) in [6, 6.07) is 0.837. The standard InChI is InChI=1S/C13H18N4O3/c1-3-10-9(6-8(2)15-16-10)12(18)17-5-4-14-7-11(17)13(19)20/h6,11,14H,3-5,7H2,1-2H3,(H,19,20). The predicted molar refractivity (Wildman–Crippen MR) is 71.5 cm³/mol. The number of nitrogens with one attached hydrogen (secondary N) is 1. The number of carbonyl (C=O) groups excluding carboxylic acids is 1. The summed E-state index contributed by atoms with van der Waals surface area (Å²) in [6.07, 6.45) is 0.582. The minimum Gasteiger partial charge on any atom is -0.480 e. The summed E-state index contributed by atoms with van der Waals surface area (Å²) < 4.78 is 0. The number of aromatic nitrogens is 2. The number of carboxylic acids is 1. The lowest BCUT2D eigenvalue weighted by Crippen LogP contribution is -2.57. The molecule has 0 radical (unpaired) electrons. The van der Waals surface area contributed by atoms with Crippen molar-refractivity contribution in [3.63, 3.8) is 0 Å². The Hall–Kier alpha value is -2.02. The van der Waals surface area contributed by atoms with Gasteiger partial charge in [0, 0.05) is 19.6 Å². The largest absolute Gasteiger partial charge is 0.480 e. The van der Waals surface area contributed by atoms with Crippen LogP contribution in [0, 0.1) is 6.92 Å². The molecule has 2 heterocycles. The molecule has 1 saturated heterocycles. The number of piperazine rings is 1. The van der Waals surface area contributed by atoms with Gasteiger partial charge < -0.3 is 15.3 Å². The van der Waals surface area contributed by atoms with Crippen LogP contribution < -0.4 is 5.32 Å². The molecule has 1 amide bonds. The molecule has 2 N–H and O–H groups in total. The molecule has 0 saturated carbocycles. The van der Waals surface area contributed by atoms with Gasteiger partial charge in [-0.3, -0.25) is 4.79 Å². The molecule has 1 aromatic heterocycles. The molecule has 1 fully saturated rings. The summed E-state index contributed by atoms with van der Waals surface area (Å²) >= 11 is 0. The number of carbonyl (C=O) groups is 2. The molecule has 0 aliphatic carbocycles. The molecule has 1 aliphatic rings. The highest BCUT2D eigenvalue weighted by Crippen LogP contribution is 2.14. The normalized spacial score (nSPS) is 18.9. The van der Waals surface area contributed by atoms with Gasteiger partial charge in [-0.1, -0.05) is 6.92 Å². The first-order valence-corrected chi connectivity index (χ1v) is 6.62. The van der Waals surface area contributed by atoms with E-state index >= 15 is 0 Å². The van der Waals surface area contributed by atoms with Crippen LogP contribution in [0.3, 0.4) is 0 Å². The van der Waals surface area contributed by atoms with Crippen LogP contribution in [0.1, 0.15) is 28.7 Å². The molecular formula is C13H18N4O3. The SMILES string of the molecule is CCc1nnc(C)cc1C(=O)N1CCNCC1C(=O)O. The van der Waals surface area contributed by atoms with E-state index in [-0.39, 0.29) is 12.5 Å². The van der Waals surface area contributed by atoms with E-state index in [0.29, 0.717) is 36.5 Å². The number of amides is 1. The third kappa shape index (κ3) is 2.77. The number of hydrogen-bond acceptors (Lipinski definition) is 5. The summed E-state index contributed by atoms with van der Waals surface area (Å²) in [5.41, 5.74) is 1.70. The Kier molecular flexibility index (Phi) is 4.29. The Labute approximate surface area is 117 Å². The smallest absolute Gasteiger partial charge is 0.327 e. The van der Waals surface area contributed by atoms with E-state index in [9.17, 15) is 14.7 Å². The van der Waals surface area contributed by atoms with Crippen LogP contribution in [-0.4, -0.2) is 57.8 Å². The van der Waals surface area contributed by atoms with Gasteiger partial charge in [-0.2, -0.15) is 10.2 Å². The van der Waals surface area contributed by atoms with Gasteiger partial charge in [0.1, 0.15) is 6.04 Å². The van der Waals surface area contributed by atoms with Gasteiger partial charge in [-0.15, -0.1) is 0 Å². The predicted octanol–water partition coefficient (Wildman–Crippen LogP) is -0.154. The van der Waals surface area contributed by atoms with Crippen molar-refractivity contribution in [3.8, 4) is 0 Å². The lowest BCUT2D eigenvalue weighted by molar-refractivity contribution is -0.142. The Bertz CT molecular complexity index is 532. The molecule has 0 bridgehead atoms. The van der Waals surface area contributed by atoms with E-state index in [1.165, 1.54) is 4.90 Å². The van der Waals surface area contributed by atoms with E-state index < -0.39 is 12.0 Å². The van der Waals surface area contributed by atoms with Crippen LogP contribution in [0.5, 0.6) is 0 Å². The van der Waals surface area contributed by atoms with Crippen molar-refractivity contribution in [2.24, 2.45) is 0 Å². The molecule has 1 unspecified atom stereocenters. The first-order chi connectivity index (χ1) is 9.54. The molecule has 7 heteroatoms. The molecule has 7 nitrogen and oxygen atoms in total. The maximum Gasteiger partial charge on any atom is 0.327 e. The van der Waals surface area contributed by atoms with Crippen molar-refractivity contribution in [3.05, 3.63) is 23.0 Å². The van der Waals surface area contributed by atoms with Gasteiger partial charge in [0.25, 0.3) is 5.91 Å². The van der Waals surface area contributed by atoms with Gasteiger partial charge in [-0.05, 0) is 19.4 Å². The number of hydrogen-bond donors (Lipinski definition) is 2. The molecule has 1 atom stereocenters. The molecule has 108 valence electrons. The van der Waals surface area contributed by atoms with Crippen molar-refractivity contribution in [2.45, 2.75) is 26.3 Å². The van der Waals surface area contributed by atoms with Crippen molar-refractivity contribution in [1.82, 2.24) is 20.4 Å². The van der Waals surface area contributed by atoms with Crippen molar-refractivity contribution < 1.29 is 14.7 Å². The summed E-state index contributed by atoms with van der Waals surface area (Å²) in [7, 11) is 0. The van der Waals surface area contributed by atoms with E-state index in [2.05, 4.69) is 15.5 Å². The van der Waals surface area contributed by atoms with E-state index in [1.807, 2.05) is 6.92 Å². The highest BCUT2D eigenvalue weighted by molar-refractivity contribution is 5.97. The first-order valence-electron chi connectivity index (χ1n) is 6.62. The second-order valence-corrected chi connectivity index (χ2v) is 4.76. The zero-order chi connectivity index (χ0) is 14.7. The Balaban J connectivity index is 2.34. The van der Waals surface area contributed by atoms with Crippen molar-refractivity contribution >= 4 is 11.9 Å². The van der Waals surface area contributed by atoms with Crippen LogP contribution in [0.4, 0.5) is 0 Å². The number of carboxylic acid groups (broad SMARTS) is 1. The Morgan fingerprint density at radius 3 is 2.90 bits per heavy atom. The van der Waals surface area contributed by atoms with Crippen molar-refractivity contribution in [2.75, 3.05) is 19.6 Å². The Morgan fingerprint density at radius 2 is 2.25 bits per heavy atom. The average molecular weight is 278 g/mol. The number of nitrogens with zero attached hydrogens (tertiary/aromatic N) is 3. The fourth-order valence-corrected chi connectivity index (χ4v) is 2.28. The zero-order valence-corrected chi connectivity index (χ0v) is 11.6. The van der Waals surface area contributed by atoms with Gasteiger partial charge in [-0.25, -0.2) is 4.79 Å². The van der Waals surface area contributed by atoms with Crippen LogP contribution in [0.15, 0.2) is 6.07 Å². The molecule has 1 aromatic rings. The van der Waals surface area contributed by atoms with Crippen LogP contribution in [0.2, 0.25) is 0 Å².